The normalized spacial score (nSPS) is 10.5. The Morgan fingerprint density at radius 3 is 2.60 bits per heavy atom. The molecule has 0 radical (unpaired) electrons. The minimum absolute atomic E-state index is 0.164. The Hall–Kier alpha value is -1.85. The number of rotatable bonds is 3. The maximum atomic E-state index is 11.3. The number of nitrogens with one attached hydrogen (secondary N) is 2. The van der Waals surface area contributed by atoms with Gasteiger partial charge < -0.3 is 10.2 Å². The van der Waals surface area contributed by atoms with Gasteiger partial charge in [-0.15, -0.1) is 0 Å². The Bertz CT molecular complexity index is 484. The van der Waals surface area contributed by atoms with Crippen molar-refractivity contribution in [1.82, 2.24) is 15.0 Å². The number of hydrogen-bond acceptors (Lipinski definition) is 3. The van der Waals surface area contributed by atoms with Crippen LogP contribution in [0, 0.1) is 0 Å². The SMILES string of the molecule is O=c1[nH]ccn1-c1ccc(CNO)cc1. The van der Waals surface area contributed by atoms with Crippen LogP contribution >= 0.6 is 0 Å². The predicted molar refractivity (Wildman–Crippen MR) is 55.0 cm³/mol. The van der Waals surface area contributed by atoms with E-state index in [0.717, 1.165) is 11.3 Å². The summed E-state index contributed by atoms with van der Waals surface area (Å²) in [5.41, 5.74) is 3.65. The quantitative estimate of drug-likeness (QED) is 0.644. The van der Waals surface area contributed by atoms with E-state index < -0.39 is 0 Å². The van der Waals surface area contributed by atoms with Crippen molar-refractivity contribution in [3.05, 3.63) is 52.7 Å². The number of hydrogen-bond donors (Lipinski definition) is 3. The van der Waals surface area contributed by atoms with Crippen molar-refractivity contribution in [2.75, 3.05) is 0 Å². The monoisotopic (exact) mass is 205 g/mol. The summed E-state index contributed by atoms with van der Waals surface area (Å²) in [6, 6.07) is 7.33. The lowest BCUT2D eigenvalue weighted by atomic mass is 10.2. The summed E-state index contributed by atoms with van der Waals surface area (Å²) in [6.45, 7) is 0.391. The molecule has 0 spiro atoms. The zero-order chi connectivity index (χ0) is 10.7. The van der Waals surface area contributed by atoms with Crippen molar-refractivity contribution in [2.45, 2.75) is 6.54 Å². The van der Waals surface area contributed by atoms with Crippen LogP contribution < -0.4 is 11.2 Å². The van der Waals surface area contributed by atoms with Crippen molar-refractivity contribution in [1.29, 1.82) is 0 Å². The highest BCUT2D eigenvalue weighted by atomic mass is 16.5. The van der Waals surface area contributed by atoms with Crippen LogP contribution in [-0.4, -0.2) is 14.8 Å². The van der Waals surface area contributed by atoms with E-state index in [2.05, 4.69) is 10.5 Å². The lowest BCUT2D eigenvalue weighted by Gasteiger charge is -2.02. The van der Waals surface area contributed by atoms with E-state index >= 15 is 0 Å². The van der Waals surface area contributed by atoms with Crippen LogP contribution in [0.3, 0.4) is 0 Å². The second-order valence-electron chi connectivity index (χ2n) is 3.14. The van der Waals surface area contributed by atoms with Crippen LogP contribution in [0.25, 0.3) is 5.69 Å². The van der Waals surface area contributed by atoms with Crippen LogP contribution in [-0.2, 0) is 6.54 Å². The highest BCUT2D eigenvalue weighted by molar-refractivity contribution is 5.34. The molecule has 0 fully saturated rings. The summed E-state index contributed by atoms with van der Waals surface area (Å²) >= 11 is 0. The second kappa shape index (κ2) is 4.12. The Kier molecular flexibility index (Phi) is 2.66. The number of nitrogens with zero attached hydrogens (tertiary/aromatic N) is 1. The molecule has 0 amide bonds. The molecule has 0 aliphatic carbocycles. The minimum Gasteiger partial charge on any atom is -0.316 e. The summed E-state index contributed by atoms with van der Waals surface area (Å²) in [7, 11) is 0. The number of hydroxylamine groups is 1. The first kappa shape index (κ1) is 9.70. The van der Waals surface area contributed by atoms with Crippen molar-refractivity contribution >= 4 is 0 Å². The minimum atomic E-state index is -0.164. The fourth-order valence-corrected chi connectivity index (χ4v) is 1.39. The lowest BCUT2D eigenvalue weighted by molar-refractivity contribution is 0.161. The van der Waals surface area contributed by atoms with Crippen LogP contribution in [0.2, 0.25) is 0 Å². The Labute approximate surface area is 86.0 Å². The summed E-state index contributed by atoms with van der Waals surface area (Å²) in [6.07, 6.45) is 3.26. The van der Waals surface area contributed by atoms with E-state index in [1.54, 1.807) is 12.4 Å². The van der Waals surface area contributed by atoms with E-state index in [4.69, 9.17) is 5.21 Å². The van der Waals surface area contributed by atoms with Gasteiger partial charge in [0.2, 0.25) is 0 Å². The Morgan fingerprint density at radius 2 is 2.07 bits per heavy atom. The van der Waals surface area contributed by atoms with Gasteiger partial charge in [0.15, 0.2) is 0 Å². The molecule has 0 bridgehead atoms. The van der Waals surface area contributed by atoms with E-state index in [0.29, 0.717) is 6.54 Å². The first-order valence-corrected chi connectivity index (χ1v) is 4.53. The molecule has 0 saturated carbocycles. The summed E-state index contributed by atoms with van der Waals surface area (Å²) < 4.78 is 1.51. The zero-order valence-electron chi connectivity index (χ0n) is 7.97. The lowest BCUT2D eigenvalue weighted by Crippen LogP contribution is -2.14. The second-order valence-corrected chi connectivity index (χ2v) is 3.14. The molecule has 0 aliphatic heterocycles. The predicted octanol–water partition coefficient (Wildman–Crippen LogP) is 0.644. The largest absolute Gasteiger partial charge is 0.330 e. The van der Waals surface area contributed by atoms with Gasteiger partial charge in [-0.2, -0.15) is 0 Å². The number of aromatic nitrogens is 2. The molecule has 2 rings (SSSR count). The fraction of sp³-hybridized carbons (Fsp3) is 0.100. The van der Waals surface area contributed by atoms with Gasteiger partial charge in [0, 0.05) is 18.9 Å². The molecule has 1 aromatic carbocycles. The molecular formula is C10H11N3O2. The van der Waals surface area contributed by atoms with Gasteiger partial charge in [-0.1, -0.05) is 12.1 Å². The topological polar surface area (TPSA) is 70.0 Å². The molecule has 15 heavy (non-hydrogen) atoms. The number of benzene rings is 1. The van der Waals surface area contributed by atoms with Crippen molar-refractivity contribution in [3.8, 4) is 5.69 Å². The molecule has 1 aromatic heterocycles. The van der Waals surface area contributed by atoms with Crippen LogP contribution in [0.5, 0.6) is 0 Å². The average molecular weight is 205 g/mol. The van der Waals surface area contributed by atoms with Crippen LogP contribution in [0.15, 0.2) is 41.5 Å². The molecule has 0 aliphatic rings. The fourth-order valence-electron chi connectivity index (χ4n) is 1.39. The zero-order valence-corrected chi connectivity index (χ0v) is 7.97. The van der Waals surface area contributed by atoms with Crippen LogP contribution in [0.1, 0.15) is 5.56 Å². The van der Waals surface area contributed by atoms with E-state index in [9.17, 15) is 4.79 Å². The molecule has 3 N–H and O–H groups in total. The third-order valence-corrected chi connectivity index (χ3v) is 2.15. The molecule has 5 heteroatoms. The van der Waals surface area contributed by atoms with Crippen molar-refractivity contribution in [3.63, 3.8) is 0 Å². The molecular weight excluding hydrogens is 194 g/mol. The standard InChI is InChI=1S/C10H11N3O2/c14-10-11-5-6-13(10)9-3-1-8(2-4-9)7-12-15/h1-6,12,15H,7H2,(H,11,14). The van der Waals surface area contributed by atoms with Gasteiger partial charge in [0.1, 0.15) is 0 Å². The third kappa shape index (κ3) is 1.98. The highest BCUT2D eigenvalue weighted by Gasteiger charge is 1.99. The molecule has 1 heterocycles. The molecule has 5 nitrogen and oxygen atoms in total. The maximum Gasteiger partial charge on any atom is 0.330 e. The highest BCUT2D eigenvalue weighted by Crippen LogP contribution is 2.07. The van der Waals surface area contributed by atoms with E-state index in [1.807, 2.05) is 24.3 Å². The summed E-state index contributed by atoms with van der Waals surface area (Å²) in [4.78, 5) is 13.8. The molecule has 0 saturated heterocycles. The van der Waals surface area contributed by atoms with Crippen molar-refractivity contribution in [2.24, 2.45) is 0 Å². The maximum absolute atomic E-state index is 11.3. The summed E-state index contributed by atoms with van der Waals surface area (Å²) in [5, 5.41) is 8.51. The van der Waals surface area contributed by atoms with Gasteiger partial charge >= 0.3 is 5.69 Å². The number of aromatic amines is 1. The number of imidazole rings is 1. The first-order valence-electron chi connectivity index (χ1n) is 4.53. The Morgan fingerprint density at radius 1 is 1.33 bits per heavy atom. The van der Waals surface area contributed by atoms with Gasteiger partial charge in [0.25, 0.3) is 0 Å². The first-order chi connectivity index (χ1) is 7.31. The van der Waals surface area contributed by atoms with Gasteiger partial charge in [-0.25, -0.2) is 10.3 Å². The number of H-pyrrole nitrogens is 1. The van der Waals surface area contributed by atoms with E-state index in [-0.39, 0.29) is 5.69 Å². The van der Waals surface area contributed by atoms with Crippen molar-refractivity contribution < 1.29 is 5.21 Å². The smallest absolute Gasteiger partial charge is 0.316 e. The van der Waals surface area contributed by atoms with Crippen LogP contribution in [0.4, 0.5) is 0 Å². The Balaban J connectivity index is 2.32. The molecule has 78 valence electrons. The average Bonchev–Trinajstić information content (AvgIpc) is 2.66. The van der Waals surface area contributed by atoms with Gasteiger partial charge in [-0.3, -0.25) is 4.57 Å². The van der Waals surface area contributed by atoms with Gasteiger partial charge in [0.05, 0.1) is 5.69 Å². The van der Waals surface area contributed by atoms with E-state index in [1.165, 1.54) is 4.57 Å². The molecule has 2 aromatic rings. The third-order valence-electron chi connectivity index (χ3n) is 2.15. The molecule has 0 unspecified atom stereocenters. The summed E-state index contributed by atoms with van der Waals surface area (Å²) in [5.74, 6) is 0. The molecule has 0 atom stereocenters. The van der Waals surface area contributed by atoms with Gasteiger partial charge in [-0.05, 0) is 17.7 Å².